The summed E-state index contributed by atoms with van der Waals surface area (Å²) in [4.78, 5) is 29.2. The van der Waals surface area contributed by atoms with Gasteiger partial charge in [0.2, 0.25) is 5.91 Å². The number of nitrogens with one attached hydrogen (secondary N) is 1. The molecule has 5 nitrogen and oxygen atoms in total. The Balaban J connectivity index is 1.53. The second-order valence-electron chi connectivity index (χ2n) is 8.14. The van der Waals surface area contributed by atoms with E-state index in [4.69, 9.17) is 0 Å². The fraction of sp³-hybridized carbons (Fsp3) is 0.895. The van der Waals surface area contributed by atoms with Crippen LogP contribution in [0.15, 0.2) is 0 Å². The van der Waals surface area contributed by atoms with Crippen LogP contribution in [-0.4, -0.2) is 54.0 Å². The molecule has 1 N–H and O–H groups in total. The Morgan fingerprint density at radius 1 is 0.875 bits per heavy atom. The lowest BCUT2D eigenvalue weighted by Gasteiger charge is -2.38. The van der Waals surface area contributed by atoms with E-state index in [9.17, 15) is 9.59 Å². The molecule has 1 saturated carbocycles. The van der Waals surface area contributed by atoms with Crippen molar-refractivity contribution in [3.8, 4) is 0 Å². The van der Waals surface area contributed by atoms with Gasteiger partial charge in [-0.3, -0.25) is 4.79 Å². The molecular weight excluding hydrogens is 302 g/mol. The number of carbonyl (C=O) groups excluding carboxylic acids is 2. The Bertz CT molecular complexity index is 462. The zero-order chi connectivity index (χ0) is 17.1. The van der Waals surface area contributed by atoms with Crippen LogP contribution in [0.4, 0.5) is 4.79 Å². The summed E-state index contributed by atoms with van der Waals surface area (Å²) in [6.45, 7) is 7.71. The number of urea groups is 1. The maximum absolute atomic E-state index is 12.7. The predicted molar refractivity (Wildman–Crippen MR) is 94.6 cm³/mol. The first-order chi connectivity index (χ1) is 11.6. The summed E-state index contributed by atoms with van der Waals surface area (Å²) in [5, 5.41) is 3.31. The number of likely N-dealkylation sites (tertiary alicyclic amines) is 2. The second kappa shape index (κ2) is 7.75. The number of carbonyl (C=O) groups is 2. The molecule has 0 aromatic heterocycles. The first kappa shape index (κ1) is 17.6. The number of rotatable bonds is 2. The van der Waals surface area contributed by atoms with E-state index >= 15 is 0 Å². The number of hydrogen-bond acceptors (Lipinski definition) is 2. The molecule has 3 fully saturated rings. The van der Waals surface area contributed by atoms with Gasteiger partial charge in [-0.05, 0) is 43.9 Å². The molecule has 0 aromatic carbocycles. The fourth-order valence-corrected chi connectivity index (χ4v) is 4.56. The molecule has 0 radical (unpaired) electrons. The largest absolute Gasteiger partial charge is 0.353 e. The molecule has 3 amide bonds. The van der Waals surface area contributed by atoms with Gasteiger partial charge >= 0.3 is 6.03 Å². The second-order valence-corrected chi connectivity index (χ2v) is 8.14. The third-order valence-corrected chi connectivity index (χ3v) is 6.47. The molecule has 2 saturated heterocycles. The Morgan fingerprint density at radius 3 is 2.33 bits per heavy atom. The molecule has 4 atom stereocenters. The Kier molecular flexibility index (Phi) is 5.67. The van der Waals surface area contributed by atoms with Crippen LogP contribution in [0.3, 0.4) is 0 Å². The molecule has 2 aliphatic heterocycles. The third kappa shape index (κ3) is 3.86. The summed E-state index contributed by atoms with van der Waals surface area (Å²) in [6.07, 6.45) is 7.65. The van der Waals surface area contributed by atoms with Gasteiger partial charge in [0.25, 0.3) is 0 Å². The number of hydrogen-bond donors (Lipinski definition) is 1. The van der Waals surface area contributed by atoms with Gasteiger partial charge in [0.05, 0.1) is 5.92 Å². The van der Waals surface area contributed by atoms with Gasteiger partial charge in [-0.25, -0.2) is 4.79 Å². The van der Waals surface area contributed by atoms with E-state index in [1.807, 2.05) is 9.80 Å². The minimum atomic E-state index is -0.0327. The summed E-state index contributed by atoms with van der Waals surface area (Å²) in [5.41, 5.74) is 0. The van der Waals surface area contributed by atoms with Crippen LogP contribution in [0.25, 0.3) is 0 Å². The van der Waals surface area contributed by atoms with Crippen molar-refractivity contribution in [2.75, 3.05) is 26.2 Å². The molecular formula is C19H33N3O2. The van der Waals surface area contributed by atoms with Crippen molar-refractivity contribution < 1.29 is 9.59 Å². The monoisotopic (exact) mass is 335 g/mol. The minimum Gasteiger partial charge on any atom is -0.353 e. The molecule has 24 heavy (non-hydrogen) atoms. The highest BCUT2D eigenvalue weighted by atomic mass is 16.2. The van der Waals surface area contributed by atoms with Gasteiger partial charge in [0, 0.05) is 32.2 Å². The highest BCUT2D eigenvalue weighted by Gasteiger charge is 2.34. The number of piperidine rings is 1. The van der Waals surface area contributed by atoms with E-state index in [0.29, 0.717) is 24.4 Å². The quantitative estimate of drug-likeness (QED) is 0.843. The summed E-state index contributed by atoms with van der Waals surface area (Å²) in [6, 6.07) is 0.454. The average Bonchev–Trinajstić information content (AvgIpc) is 3.13. The Labute approximate surface area is 146 Å². The third-order valence-electron chi connectivity index (χ3n) is 6.47. The van der Waals surface area contributed by atoms with Gasteiger partial charge < -0.3 is 15.1 Å². The van der Waals surface area contributed by atoms with Crippen molar-refractivity contribution in [1.82, 2.24) is 15.1 Å². The van der Waals surface area contributed by atoms with Gasteiger partial charge in [-0.1, -0.05) is 26.7 Å². The normalized spacial score (nSPS) is 34.2. The van der Waals surface area contributed by atoms with Gasteiger partial charge in [-0.15, -0.1) is 0 Å². The van der Waals surface area contributed by atoms with Crippen LogP contribution >= 0.6 is 0 Å². The fourth-order valence-electron chi connectivity index (χ4n) is 4.56. The van der Waals surface area contributed by atoms with Crippen molar-refractivity contribution in [2.24, 2.45) is 17.8 Å². The summed E-state index contributed by atoms with van der Waals surface area (Å²) in [5.74, 6) is 1.37. The first-order valence-corrected chi connectivity index (χ1v) is 9.90. The average molecular weight is 335 g/mol. The van der Waals surface area contributed by atoms with E-state index < -0.39 is 0 Å². The Hall–Kier alpha value is -1.26. The van der Waals surface area contributed by atoms with Crippen molar-refractivity contribution in [2.45, 2.75) is 64.8 Å². The molecule has 2 heterocycles. The lowest BCUT2D eigenvalue weighted by molar-refractivity contribution is -0.127. The van der Waals surface area contributed by atoms with Crippen LogP contribution < -0.4 is 5.32 Å². The molecule has 136 valence electrons. The zero-order valence-corrected chi connectivity index (χ0v) is 15.3. The van der Waals surface area contributed by atoms with Crippen LogP contribution in [0.1, 0.15) is 58.8 Å². The van der Waals surface area contributed by atoms with E-state index in [1.165, 1.54) is 12.8 Å². The van der Waals surface area contributed by atoms with Crippen LogP contribution in [-0.2, 0) is 4.79 Å². The van der Waals surface area contributed by atoms with Crippen molar-refractivity contribution >= 4 is 11.9 Å². The van der Waals surface area contributed by atoms with E-state index in [-0.39, 0.29) is 17.9 Å². The lowest BCUT2D eigenvalue weighted by Crippen LogP contribution is -2.52. The smallest absolute Gasteiger partial charge is 0.320 e. The van der Waals surface area contributed by atoms with Crippen LogP contribution in [0.2, 0.25) is 0 Å². The first-order valence-electron chi connectivity index (χ1n) is 9.90. The van der Waals surface area contributed by atoms with Gasteiger partial charge in [0.1, 0.15) is 0 Å². The van der Waals surface area contributed by atoms with E-state index in [2.05, 4.69) is 19.2 Å². The molecule has 1 aliphatic carbocycles. The minimum absolute atomic E-state index is 0.0327. The highest BCUT2D eigenvalue weighted by Crippen LogP contribution is 2.30. The van der Waals surface area contributed by atoms with Gasteiger partial charge in [-0.2, -0.15) is 0 Å². The van der Waals surface area contributed by atoms with Crippen molar-refractivity contribution in [3.63, 3.8) is 0 Å². The molecule has 0 spiro atoms. The molecule has 0 unspecified atom stereocenters. The van der Waals surface area contributed by atoms with E-state index in [1.54, 1.807) is 0 Å². The summed E-state index contributed by atoms with van der Waals surface area (Å²) in [7, 11) is 0. The Morgan fingerprint density at radius 2 is 1.58 bits per heavy atom. The SMILES string of the molecule is C[C@H]1[C@H](C)CCC[C@@H]1NC(=O)[C@@H]1CCCN(C(=O)N2CCCC2)C1. The zero-order valence-electron chi connectivity index (χ0n) is 15.3. The summed E-state index contributed by atoms with van der Waals surface area (Å²) < 4.78 is 0. The predicted octanol–water partition coefficient (Wildman–Crippen LogP) is 2.86. The molecule has 5 heteroatoms. The number of nitrogens with zero attached hydrogens (tertiary/aromatic N) is 2. The highest BCUT2D eigenvalue weighted by molar-refractivity contribution is 5.81. The molecule has 0 bridgehead atoms. The molecule has 3 rings (SSSR count). The van der Waals surface area contributed by atoms with Crippen molar-refractivity contribution in [3.05, 3.63) is 0 Å². The van der Waals surface area contributed by atoms with Crippen molar-refractivity contribution in [1.29, 1.82) is 0 Å². The molecule has 0 aromatic rings. The van der Waals surface area contributed by atoms with Crippen LogP contribution in [0, 0.1) is 17.8 Å². The number of amides is 3. The molecule has 3 aliphatic rings. The summed E-state index contributed by atoms with van der Waals surface area (Å²) >= 11 is 0. The maximum Gasteiger partial charge on any atom is 0.320 e. The lowest BCUT2D eigenvalue weighted by atomic mass is 9.78. The maximum atomic E-state index is 12.7. The van der Waals surface area contributed by atoms with Gasteiger partial charge in [0.15, 0.2) is 0 Å². The topological polar surface area (TPSA) is 52.7 Å². The van der Waals surface area contributed by atoms with E-state index in [0.717, 1.165) is 51.7 Å². The van der Waals surface area contributed by atoms with Crippen LogP contribution in [0.5, 0.6) is 0 Å². The standard InChI is InChI=1S/C19H33N3O2/c1-14-7-5-9-17(15(14)2)20-18(23)16-8-6-12-22(13-16)19(24)21-10-3-4-11-21/h14-17H,3-13H2,1-2H3,(H,20,23)/t14-,15+,16-,17+/m1/s1.